The standard InChI is InChI=1S/C7H6O5.Ca.Y.2H/c8-4-1-3(7(11)12)2-5(9)6(4)10;;;;/h1-2,8-10H,(H,11,12);;;;. The SMILES string of the molecule is O=C(O)c1cc(O)c(O)c(O)c1.[CaH2].[Y]. The molecule has 0 bridgehead atoms. The first-order valence-electron chi connectivity index (χ1n) is 3.00. The molecule has 0 saturated carbocycles. The van der Waals surface area contributed by atoms with Crippen LogP contribution >= 0.6 is 0 Å². The molecule has 1 aromatic rings. The molecular formula is C7H8CaO5Y. The Morgan fingerprint density at radius 2 is 1.43 bits per heavy atom. The number of phenols is 3. The predicted molar refractivity (Wildman–Crippen MR) is 46.9 cm³/mol. The molecule has 5 nitrogen and oxygen atoms in total. The number of aromatic carboxylic acids is 1. The summed E-state index contributed by atoms with van der Waals surface area (Å²) in [6, 6.07) is 1.69. The maximum Gasteiger partial charge on any atom is 0 e. The van der Waals surface area contributed by atoms with Crippen molar-refractivity contribution in [2.75, 3.05) is 0 Å². The zero-order chi connectivity index (χ0) is 9.30. The second-order valence-electron chi connectivity index (χ2n) is 2.17. The normalized spacial score (nSPS) is 8.29. The minimum absolute atomic E-state index is 0. The van der Waals surface area contributed by atoms with Crippen molar-refractivity contribution in [1.82, 2.24) is 0 Å². The second kappa shape index (κ2) is 6.85. The van der Waals surface area contributed by atoms with Crippen LogP contribution in [-0.4, -0.2) is 64.1 Å². The third-order valence-corrected chi connectivity index (χ3v) is 1.32. The topological polar surface area (TPSA) is 98.0 Å². The Balaban J connectivity index is 0. The molecule has 7 heteroatoms. The van der Waals surface area contributed by atoms with E-state index in [1.54, 1.807) is 0 Å². The molecule has 0 aliphatic heterocycles. The van der Waals surface area contributed by atoms with Crippen molar-refractivity contribution < 1.29 is 57.9 Å². The van der Waals surface area contributed by atoms with E-state index in [0.717, 1.165) is 12.1 Å². The van der Waals surface area contributed by atoms with Crippen molar-refractivity contribution in [3.05, 3.63) is 17.7 Å². The van der Waals surface area contributed by atoms with Gasteiger partial charge in [-0.1, -0.05) is 0 Å². The molecule has 1 rings (SSSR count). The van der Waals surface area contributed by atoms with Gasteiger partial charge < -0.3 is 20.4 Å². The molecular weight excluding hydrogens is 293 g/mol. The van der Waals surface area contributed by atoms with E-state index in [9.17, 15) is 4.79 Å². The van der Waals surface area contributed by atoms with Crippen LogP contribution in [0.15, 0.2) is 12.1 Å². The Bertz CT molecular complexity index is 318. The first-order valence-corrected chi connectivity index (χ1v) is 3.00. The fourth-order valence-electron chi connectivity index (χ4n) is 0.728. The van der Waals surface area contributed by atoms with Gasteiger partial charge in [-0.25, -0.2) is 4.79 Å². The van der Waals surface area contributed by atoms with Crippen molar-refractivity contribution in [2.45, 2.75) is 0 Å². The van der Waals surface area contributed by atoms with Gasteiger partial charge in [0.1, 0.15) is 0 Å². The largest absolute Gasteiger partial charge is 0 e. The summed E-state index contributed by atoms with van der Waals surface area (Å²) in [5, 5.41) is 35.0. The van der Waals surface area contributed by atoms with Gasteiger partial charge in [-0.3, -0.25) is 0 Å². The Labute approximate surface area is 135 Å². The van der Waals surface area contributed by atoms with Gasteiger partial charge in [0.15, 0.2) is 17.2 Å². The molecule has 0 saturated heterocycles. The van der Waals surface area contributed by atoms with Crippen LogP contribution in [-0.2, 0) is 32.7 Å². The number of carboxylic acids is 1. The molecule has 0 aromatic heterocycles. The predicted octanol–water partition coefficient (Wildman–Crippen LogP) is -0.417. The van der Waals surface area contributed by atoms with Gasteiger partial charge in [0.2, 0.25) is 0 Å². The first kappa shape index (κ1) is 16.9. The average molecular weight is 301 g/mol. The fraction of sp³-hybridized carbons (Fsp3) is 0. The van der Waals surface area contributed by atoms with E-state index in [-0.39, 0.29) is 76.0 Å². The first-order chi connectivity index (χ1) is 5.52. The Morgan fingerprint density at radius 3 is 1.71 bits per heavy atom. The summed E-state index contributed by atoms with van der Waals surface area (Å²) < 4.78 is 0. The van der Waals surface area contributed by atoms with E-state index >= 15 is 0 Å². The van der Waals surface area contributed by atoms with Crippen LogP contribution < -0.4 is 0 Å². The van der Waals surface area contributed by atoms with Crippen molar-refractivity contribution in [3.8, 4) is 17.2 Å². The number of hydrogen-bond donors (Lipinski definition) is 4. The maximum atomic E-state index is 10.3. The van der Waals surface area contributed by atoms with Gasteiger partial charge >= 0.3 is 43.7 Å². The van der Waals surface area contributed by atoms with Gasteiger partial charge in [0.05, 0.1) is 5.56 Å². The Hall–Kier alpha value is 0.454. The van der Waals surface area contributed by atoms with Crippen LogP contribution in [0.3, 0.4) is 0 Å². The summed E-state index contributed by atoms with van der Waals surface area (Å²) in [6.07, 6.45) is 0. The van der Waals surface area contributed by atoms with Crippen LogP contribution in [0.4, 0.5) is 0 Å². The number of hydrogen-bond acceptors (Lipinski definition) is 4. The molecule has 0 atom stereocenters. The van der Waals surface area contributed by atoms with Crippen molar-refractivity contribution in [2.24, 2.45) is 0 Å². The quantitative estimate of drug-likeness (QED) is 0.417. The molecule has 0 fully saturated rings. The average Bonchev–Trinajstić information content (AvgIpc) is 1.99. The van der Waals surface area contributed by atoms with Gasteiger partial charge in [0.25, 0.3) is 0 Å². The van der Waals surface area contributed by atoms with Crippen LogP contribution in [0.2, 0.25) is 0 Å². The molecule has 1 radical (unpaired) electrons. The van der Waals surface area contributed by atoms with E-state index in [1.807, 2.05) is 0 Å². The van der Waals surface area contributed by atoms with Crippen molar-refractivity contribution in [3.63, 3.8) is 0 Å². The van der Waals surface area contributed by atoms with Gasteiger partial charge in [0, 0.05) is 32.7 Å². The Morgan fingerprint density at radius 1 is 1.07 bits per heavy atom. The number of phenolic OH excluding ortho intramolecular Hbond substituents is 3. The minimum Gasteiger partial charge on any atom is 0 e. The van der Waals surface area contributed by atoms with E-state index in [1.165, 1.54) is 0 Å². The second-order valence-corrected chi connectivity index (χ2v) is 2.17. The van der Waals surface area contributed by atoms with Gasteiger partial charge in [-0.2, -0.15) is 0 Å². The fourth-order valence-corrected chi connectivity index (χ4v) is 0.728. The summed E-state index contributed by atoms with van der Waals surface area (Å²) in [7, 11) is 0. The van der Waals surface area contributed by atoms with E-state index in [4.69, 9.17) is 20.4 Å². The van der Waals surface area contributed by atoms with E-state index in [0.29, 0.717) is 0 Å². The number of aromatic hydroxyl groups is 3. The van der Waals surface area contributed by atoms with Crippen molar-refractivity contribution >= 4 is 43.7 Å². The van der Waals surface area contributed by atoms with Crippen LogP contribution in [0, 0.1) is 0 Å². The summed E-state index contributed by atoms with van der Waals surface area (Å²) in [5.74, 6) is -3.33. The number of rotatable bonds is 1. The summed E-state index contributed by atoms with van der Waals surface area (Å²) in [4.78, 5) is 10.3. The molecule has 4 N–H and O–H groups in total. The third kappa shape index (κ3) is 3.91. The molecule has 0 heterocycles. The molecule has 71 valence electrons. The molecule has 0 amide bonds. The van der Waals surface area contributed by atoms with Crippen LogP contribution in [0.25, 0.3) is 0 Å². The molecule has 14 heavy (non-hydrogen) atoms. The van der Waals surface area contributed by atoms with Crippen LogP contribution in [0.1, 0.15) is 10.4 Å². The van der Waals surface area contributed by atoms with Crippen molar-refractivity contribution in [1.29, 1.82) is 0 Å². The third-order valence-electron chi connectivity index (χ3n) is 1.32. The molecule has 0 spiro atoms. The number of benzene rings is 1. The molecule has 0 aliphatic carbocycles. The van der Waals surface area contributed by atoms with E-state index < -0.39 is 23.2 Å². The summed E-state index contributed by atoms with van der Waals surface area (Å²) in [6.45, 7) is 0. The zero-order valence-electron chi connectivity index (χ0n) is 6.43. The zero-order valence-corrected chi connectivity index (χ0v) is 9.27. The maximum absolute atomic E-state index is 10.3. The smallest absolute Gasteiger partial charge is 0 e. The summed E-state index contributed by atoms with van der Waals surface area (Å²) >= 11 is 0. The molecule has 1 aromatic carbocycles. The Kier molecular flexibility index (Phi) is 8.25. The molecule has 0 unspecified atom stereocenters. The van der Waals surface area contributed by atoms with E-state index in [2.05, 4.69) is 0 Å². The van der Waals surface area contributed by atoms with Gasteiger partial charge in [-0.15, -0.1) is 0 Å². The van der Waals surface area contributed by atoms with Crippen LogP contribution in [0.5, 0.6) is 17.2 Å². The minimum atomic E-state index is -1.29. The summed E-state index contributed by atoms with van der Waals surface area (Å²) in [5.41, 5.74) is -0.289. The van der Waals surface area contributed by atoms with Gasteiger partial charge in [-0.05, 0) is 12.1 Å². The number of carbonyl (C=O) groups is 1. The monoisotopic (exact) mass is 301 g/mol. The molecule has 0 aliphatic rings. The number of carboxylic acid groups (broad SMARTS) is 1.